The number of thiazole rings is 1. The van der Waals surface area contributed by atoms with Gasteiger partial charge in [0.05, 0.1) is 34.7 Å². The van der Waals surface area contributed by atoms with E-state index in [4.69, 9.17) is 16.3 Å². The second kappa shape index (κ2) is 9.19. The Balaban J connectivity index is 1.81. The summed E-state index contributed by atoms with van der Waals surface area (Å²) in [4.78, 5) is 47.3. The van der Waals surface area contributed by atoms with Gasteiger partial charge in [0.25, 0.3) is 11.5 Å². The number of hydrogen-bond acceptors (Lipinski definition) is 6. The number of anilines is 1. The predicted octanol–water partition coefficient (Wildman–Crippen LogP) is 3.58. The fraction of sp³-hybridized carbons (Fsp3) is 0.259. The van der Waals surface area contributed by atoms with E-state index < -0.39 is 12.0 Å². The van der Waals surface area contributed by atoms with Crippen LogP contribution in [0.5, 0.6) is 0 Å². The van der Waals surface area contributed by atoms with Crippen LogP contribution in [0.4, 0.5) is 5.69 Å². The molecule has 1 atom stereocenters. The molecule has 3 heterocycles. The van der Waals surface area contributed by atoms with Crippen molar-refractivity contribution in [2.45, 2.75) is 39.8 Å². The Labute approximate surface area is 216 Å². The van der Waals surface area contributed by atoms with Crippen LogP contribution in [0.1, 0.15) is 44.9 Å². The number of ether oxygens (including phenoxy) is 1. The summed E-state index contributed by atoms with van der Waals surface area (Å²) in [5.41, 5.74) is 2.91. The highest BCUT2D eigenvalue weighted by molar-refractivity contribution is 7.07. The summed E-state index contributed by atoms with van der Waals surface area (Å²) in [6.07, 6.45) is -0.344. The van der Waals surface area contributed by atoms with Crippen LogP contribution in [0.15, 0.2) is 69.6 Å². The lowest BCUT2D eigenvalue weighted by molar-refractivity contribution is -0.143. The van der Waals surface area contributed by atoms with Crippen LogP contribution >= 0.6 is 22.9 Å². The zero-order valence-electron chi connectivity index (χ0n) is 20.2. The van der Waals surface area contributed by atoms with E-state index in [1.165, 1.54) is 4.57 Å². The number of fused-ring (bicyclic) bond motifs is 2. The Morgan fingerprint density at radius 2 is 1.83 bits per heavy atom. The van der Waals surface area contributed by atoms with E-state index in [9.17, 15) is 14.4 Å². The summed E-state index contributed by atoms with van der Waals surface area (Å²) in [6.45, 7) is 7.65. The highest BCUT2D eigenvalue weighted by Gasteiger charge is 2.37. The largest absolute Gasteiger partial charge is 0.459 e. The minimum atomic E-state index is -0.770. The molecule has 0 radical (unpaired) electrons. The van der Waals surface area contributed by atoms with Gasteiger partial charge < -0.3 is 9.64 Å². The molecule has 1 aromatic heterocycles. The molecule has 0 aliphatic carbocycles. The van der Waals surface area contributed by atoms with Crippen LogP contribution < -0.4 is 19.8 Å². The normalized spacial score (nSPS) is 18.3. The molecule has 2 aliphatic heterocycles. The van der Waals surface area contributed by atoms with Crippen LogP contribution in [-0.2, 0) is 14.3 Å². The highest BCUT2D eigenvalue weighted by Crippen LogP contribution is 2.35. The molecule has 0 spiro atoms. The summed E-state index contributed by atoms with van der Waals surface area (Å²) < 4.78 is 7.32. The number of aromatic nitrogens is 1. The third kappa shape index (κ3) is 3.81. The van der Waals surface area contributed by atoms with Gasteiger partial charge in [-0.25, -0.2) is 9.79 Å². The van der Waals surface area contributed by atoms with Crippen molar-refractivity contribution in [2.75, 3.05) is 11.4 Å². The third-order valence-electron chi connectivity index (χ3n) is 6.21. The molecule has 36 heavy (non-hydrogen) atoms. The van der Waals surface area contributed by atoms with Gasteiger partial charge in [-0.15, -0.1) is 0 Å². The standard InChI is InChI=1S/C27H24ClN3O4S/c1-5-30-19-9-7-6-8-18(19)21(24(30)32)23-25(33)31-22(16-10-12-17(28)13-11-16)20(26(34)35-14(2)3)15(4)29-27(31)36-23/h6-14,22H,5H2,1-4H3/b23-21+/t22-/m0/s1. The lowest BCUT2D eigenvalue weighted by Gasteiger charge is -2.25. The maximum Gasteiger partial charge on any atom is 0.338 e. The van der Waals surface area contributed by atoms with E-state index in [0.717, 1.165) is 17.0 Å². The Kier molecular flexibility index (Phi) is 6.18. The number of para-hydroxylation sites is 1. The molecule has 2 aromatic carbocycles. The molecule has 9 heteroatoms. The highest BCUT2D eigenvalue weighted by atomic mass is 35.5. The van der Waals surface area contributed by atoms with Crippen LogP contribution in [0.3, 0.4) is 0 Å². The average Bonchev–Trinajstić information content (AvgIpc) is 3.30. The monoisotopic (exact) mass is 521 g/mol. The topological polar surface area (TPSA) is 81.0 Å². The van der Waals surface area contributed by atoms with Gasteiger partial charge in [-0.1, -0.05) is 53.3 Å². The van der Waals surface area contributed by atoms with Crippen LogP contribution in [0.25, 0.3) is 5.57 Å². The van der Waals surface area contributed by atoms with E-state index in [2.05, 4.69) is 4.99 Å². The third-order valence-corrected chi connectivity index (χ3v) is 7.52. The zero-order chi connectivity index (χ0) is 25.7. The fourth-order valence-electron chi connectivity index (χ4n) is 4.68. The van der Waals surface area contributed by atoms with Crippen molar-refractivity contribution in [3.63, 3.8) is 0 Å². The van der Waals surface area contributed by atoms with Gasteiger partial charge in [0.15, 0.2) is 4.80 Å². The van der Waals surface area contributed by atoms with Gasteiger partial charge in [0.1, 0.15) is 4.53 Å². The van der Waals surface area contributed by atoms with Crippen LogP contribution in [-0.4, -0.2) is 29.1 Å². The average molecular weight is 522 g/mol. The van der Waals surface area contributed by atoms with E-state index in [0.29, 0.717) is 43.3 Å². The molecule has 5 rings (SSSR count). The SMILES string of the molecule is CCN1C(=O)/C(=c2/sc3n(c2=O)[C@@H](c2ccc(Cl)cc2)C(C(=O)OC(C)C)=C(C)N=3)c2ccccc21. The van der Waals surface area contributed by atoms with Crippen molar-refractivity contribution >= 4 is 46.1 Å². The number of carbonyl (C=O) groups excluding carboxylic acids is 2. The van der Waals surface area contributed by atoms with Gasteiger partial charge in [-0.05, 0) is 51.5 Å². The number of rotatable bonds is 4. The van der Waals surface area contributed by atoms with Gasteiger partial charge in [0.2, 0.25) is 0 Å². The van der Waals surface area contributed by atoms with Gasteiger partial charge >= 0.3 is 5.97 Å². The number of nitrogens with zero attached hydrogens (tertiary/aromatic N) is 3. The molecule has 0 unspecified atom stereocenters. The number of carbonyl (C=O) groups is 2. The van der Waals surface area contributed by atoms with Crippen molar-refractivity contribution in [3.05, 3.63) is 95.6 Å². The minimum absolute atomic E-state index is 0.220. The number of allylic oxidation sites excluding steroid dienone is 1. The molecule has 0 saturated carbocycles. The van der Waals surface area contributed by atoms with Crippen molar-refractivity contribution in [3.8, 4) is 0 Å². The number of benzene rings is 2. The predicted molar refractivity (Wildman–Crippen MR) is 140 cm³/mol. The summed E-state index contributed by atoms with van der Waals surface area (Å²) in [7, 11) is 0. The minimum Gasteiger partial charge on any atom is -0.459 e. The van der Waals surface area contributed by atoms with E-state index in [-0.39, 0.29) is 23.1 Å². The number of esters is 1. The molecule has 0 fully saturated rings. The lowest BCUT2D eigenvalue weighted by Crippen LogP contribution is -2.41. The first-order valence-corrected chi connectivity index (χ1v) is 12.8. The second-order valence-corrected chi connectivity index (χ2v) is 10.3. The Morgan fingerprint density at radius 1 is 1.14 bits per heavy atom. The summed E-state index contributed by atoms with van der Waals surface area (Å²) in [6, 6.07) is 13.7. The molecule has 184 valence electrons. The first-order valence-electron chi connectivity index (χ1n) is 11.7. The lowest BCUT2D eigenvalue weighted by atomic mass is 9.96. The van der Waals surface area contributed by atoms with Crippen LogP contribution in [0, 0.1) is 0 Å². The quantitative estimate of drug-likeness (QED) is 0.491. The van der Waals surface area contributed by atoms with Gasteiger partial charge in [-0.3, -0.25) is 14.2 Å². The van der Waals surface area contributed by atoms with Crippen molar-refractivity contribution in [1.82, 2.24) is 4.57 Å². The van der Waals surface area contributed by atoms with E-state index >= 15 is 0 Å². The number of amides is 1. The van der Waals surface area contributed by atoms with Crippen molar-refractivity contribution < 1.29 is 14.3 Å². The first-order chi connectivity index (χ1) is 17.2. The van der Waals surface area contributed by atoms with E-state index in [1.54, 1.807) is 49.9 Å². The summed E-state index contributed by atoms with van der Waals surface area (Å²) >= 11 is 7.28. The molecule has 0 N–H and O–H groups in total. The number of likely N-dealkylation sites (N-methyl/N-ethyl adjacent to an activating group) is 1. The smallest absolute Gasteiger partial charge is 0.338 e. The maximum absolute atomic E-state index is 14.0. The van der Waals surface area contributed by atoms with Gasteiger partial charge in [-0.2, -0.15) is 0 Å². The first kappa shape index (κ1) is 24.2. The second-order valence-electron chi connectivity index (χ2n) is 8.85. The van der Waals surface area contributed by atoms with Crippen molar-refractivity contribution in [2.24, 2.45) is 4.99 Å². The number of hydrogen-bond donors (Lipinski definition) is 0. The molecular formula is C27H24ClN3O4S. The summed E-state index contributed by atoms with van der Waals surface area (Å²) in [5.74, 6) is -0.759. The van der Waals surface area contributed by atoms with Crippen LogP contribution in [0.2, 0.25) is 5.02 Å². The molecule has 1 amide bonds. The van der Waals surface area contributed by atoms with Gasteiger partial charge in [0, 0.05) is 17.1 Å². The molecule has 0 bridgehead atoms. The fourth-order valence-corrected chi connectivity index (χ4v) is 5.95. The maximum atomic E-state index is 14.0. The Bertz CT molecular complexity index is 1620. The Hall–Kier alpha value is -3.49. The summed E-state index contributed by atoms with van der Waals surface area (Å²) in [5, 5.41) is 0.535. The Morgan fingerprint density at radius 3 is 2.50 bits per heavy atom. The van der Waals surface area contributed by atoms with E-state index in [1.807, 2.05) is 31.2 Å². The molecule has 2 aliphatic rings. The zero-order valence-corrected chi connectivity index (χ0v) is 21.8. The number of halogens is 1. The molecule has 0 saturated heterocycles. The van der Waals surface area contributed by atoms with Crippen molar-refractivity contribution in [1.29, 1.82) is 0 Å². The molecule has 7 nitrogen and oxygen atoms in total. The molecule has 3 aromatic rings. The molecular weight excluding hydrogens is 498 g/mol.